The molecular formula is C18H19N5O2. The molecule has 1 aromatic carbocycles. The standard InChI is InChI=1S/C18H19N5O2/c1-22-6-8-23(9-7-22)17-11-16(19-12-20-17)21-18(24)15-10-13-4-2-3-5-14(13)25-15/h2-5,10-12H,6-9H2,1H3,(H,19,20,21,24). The number of likely N-dealkylation sites (N-methyl/N-ethyl adjacent to an activating group) is 1. The Morgan fingerprint density at radius 1 is 1.12 bits per heavy atom. The minimum absolute atomic E-state index is 0.265. The van der Waals surface area contributed by atoms with E-state index in [-0.39, 0.29) is 11.7 Å². The number of para-hydroxylation sites is 1. The molecule has 1 aliphatic rings. The van der Waals surface area contributed by atoms with Crippen LogP contribution in [0.3, 0.4) is 0 Å². The van der Waals surface area contributed by atoms with Crippen molar-refractivity contribution in [3.63, 3.8) is 0 Å². The lowest BCUT2D eigenvalue weighted by Gasteiger charge is -2.33. The zero-order valence-electron chi connectivity index (χ0n) is 14.0. The number of piperazine rings is 1. The number of hydrogen-bond acceptors (Lipinski definition) is 6. The van der Waals surface area contributed by atoms with E-state index in [4.69, 9.17) is 4.42 Å². The molecule has 128 valence electrons. The van der Waals surface area contributed by atoms with Crippen LogP contribution >= 0.6 is 0 Å². The molecule has 0 atom stereocenters. The van der Waals surface area contributed by atoms with Gasteiger partial charge in [0.05, 0.1) is 0 Å². The van der Waals surface area contributed by atoms with Crippen molar-refractivity contribution in [2.24, 2.45) is 0 Å². The molecule has 0 unspecified atom stereocenters. The van der Waals surface area contributed by atoms with Crippen LogP contribution in [-0.4, -0.2) is 54.0 Å². The highest BCUT2D eigenvalue weighted by atomic mass is 16.3. The van der Waals surface area contributed by atoms with Crippen LogP contribution < -0.4 is 10.2 Å². The summed E-state index contributed by atoms with van der Waals surface area (Å²) in [4.78, 5) is 25.4. The summed E-state index contributed by atoms with van der Waals surface area (Å²) >= 11 is 0. The molecular weight excluding hydrogens is 318 g/mol. The average molecular weight is 337 g/mol. The minimum Gasteiger partial charge on any atom is -0.451 e. The fraction of sp³-hybridized carbons (Fsp3) is 0.278. The van der Waals surface area contributed by atoms with Crippen molar-refractivity contribution in [3.8, 4) is 0 Å². The molecule has 3 heterocycles. The van der Waals surface area contributed by atoms with E-state index in [2.05, 4.69) is 32.1 Å². The van der Waals surface area contributed by atoms with Crippen LogP contribution in [-0.2, 0) is 0 Å². The van der Waals surface area contributed by atoms with Crippen molar-refractivity contribution in [1.29, 1.82) is 0 Å². The Morgan fingerprint density at radius 3 is 2.72 bits per heavy atom. The maximum atomic E-state index is 12.4. The number of nitrogens with one attached hydrogen (secondary N) is 1. The van der Waals surface area contributed by atoms with Gasteiger partial charge < -0.3 is 19.5 Å². The first-order chi connectivity index (χ1) is 12.2. The second kappa shape index (κ2) is 6.52. The Balaban J connectivity index is 1.50. The zero-order chi connectivity index (χ0) is 17.2. The van der Waals surface area contributed by atoms with Gasteiger partial charge in [-0.15, -0.1) is 0 Å². The van der Waals surface area contributed by atoms with Gasteiger partial charge in [0.1, 0.15) is 23.5 Å². The number of carbonyl (C=O) groups excluding carboxylic acids is 1. The van der Waals surface area contributed by atoms with Gasteiger partial charge in [0, 0.05) is 37.6 Å². The number of benzene rings is 1. The number of anilines is 2. The number of aromatic nitrogens is 2. The highest BCUT2D eigenvalue weighted by Crippen LogP contribution is 2.20. The molecule has 0 spiro atoms. The number of fused-ring (bicyclic) bond motifs is 1. The molecule has 1 fully saturated rings. The first-order valence-corrected chi connectivity index (χ1v) is 8.24. The highest BCUT2D eigenvalue weighted by Gasteiger charge is 2.17. The van der Waals surface area contributed by atoms with Gasteiger partial charge in [-0.05, 0) is 19.2 Å². The van der Waals surface area contributed by atoms with Crippen molar-refractivity contribution in [1.82, 2.24) is 14.9 Å². The third kappa shape index (κ3) is 3.32. The molecule has 2 aromatic heterocycles. The van der Waals surface area contributed by atoms with E-state index >= 15 is 0 Å². The fourth-order valence-corrected chi connectivity index (χ4v) is 2.90. The summed E-state index contributed by atoms with van der Waals surface area (Å²) in [6.45, 7) is 3.80. The molecule has 1 amide bonds. The van der Waals surface area contributed by atoms with Crippen LogP contribution in [0.4, 0.5) is 11.6 Å². The first-order valence-electron chi connectivity index (χ1n) is 8.24. The van der Waals surface area contributed by atoms with Crippen LogP contribution in [0.1, 0.15) is 10.6 Å². The molecule has 1 N–H and O–H groups in total. The largest absolute Gasteiger partial charge is 0.451 e. The van der Waals surface area contributed by atoms with E-state index in [0.717, 1.165) is 37.4 Å². The molecule has 0 saturated carbocycles. The van der Waals surface area contributed by atoms with Gasteiger partial charge in [-0.25, -0.2) is 9.97 Å². The van der Waals surface area contributed by atoms with E-state index in [1.54, 1.807) is 12.1 Å². The Labute approximate surface area is 145 Å². The normalized spacial score (nSPS) is 15.5. The van der Waals surface area contributed by atoms with Gasteiger partial charge in [0.25, 0.3) is 5.91 Å². The van der Waals surface area contributed by atoms with Crippen molar-refractivity contribution in [2.75, 3.05) is 43.4 Å². The number of rotatable bonds is 3. The Morgan fingerprint density at radius 2 is 1.92 bits per heavy atom. The predicted octanol–water partition coefficient (Wildman–Crippen LogP) is 2.23. The molecule has 1 aliphatic heterocycles. The predicted molar refractivity (Wildman–Crippen MR) is 95.9 cm³/mol. The third-order valence-corrected chi connectivity index (χ3v) is 4.37. The van der Waals surface area contributed by atoms with E-state index in [1.165, 1.54) is 6.33 Å². The highest BCUT2D eigenvalue weighted by molar-refractivity contribution is 6.04. The van der Waals surface area contributed by atoms with Crippen molar-refractivity contribution < 1.29 is 9.21 Å². The lowest BCUT2D eigenvalue weighted by molar-refractivity contribution is 0.0998. The van der Waals surface area contributed by atoms with E-state index in [1.807, 2.05) is 24.3 Å². The van der Waals surface area contributed by atoms with Gasteiger partial charge in [-0.3, -0.25) is 4.79 Å². The molecule has 1 saturated heterocycles. The molecule has 0 bridgehead atoms. The van der Waals surface area contributed by atoms with E-state index < -0.39 is 0 Å². The molecule has 25 heavy (non-hydrogen) atoms. The first kappa shape index (κ1) is 15.6. The SMILES string of the molecule is CN1CCN(c2cc(NC(=O)c3cc4ccccc4o3)ncn2)CC1. The molecule has 0 aliphatic carbocycles. The summed E-state index contributed by atoms with van der Waals surface area (Å²) in [5.41, 5.74) is 0.688. The number of hydrogen-bond donors (Lipinski definition) is 1. The van der Waals surface area contributed by atoms with Gasteiger partial charge in [0.15, 0.2) is 5.76 Å². The Kier molecular flexibility index (Phi) is 4.07. The Hall–Kier alpha value is -2.93. The van der Waals surface area contributed by atoms with Crippen LogP contribution in [0.25, 0.3) is 11.0 Å². The fourth-order valence-electron chi connectivity index (χ4n) is 2.90. The summed E-state index contributed by atoms with van der Waals surface area (Å²) in [5, 5.41) is 3.68. The maximum absolute atomic E-state index is 12.4. The summed E-state index contributed by atoms with van der Waals surface area (Å²) < 4.78 is 5.59. The number of nitrogens with zero attached hydrogens (tertiary/aromatic N) is 4. The minimum atomic E-state index is -0.320. The summed E-state index contributed by atoms with van der Waals surface area (Å²) in [5.74, 6) is 1.23. The quantitative estimate of drug-likeness (QED) is 0.790. The van der Waals surface area contributed by atoms with Gasteiger partial charge in [-0.1, -0.05) is 18.2 Å². The average Bonchev–Trinajstić information content (AvgIpc) is 3.07. The molecule has 0 radical (unpaired) electrons. The second-order valence-electron chi connectivity index (χ2n) is 6.15. The lowest BCUT2D eigenvalue weighted by Crippen LogP contribution is -2.44. The van der Waals surface area contributed by atoms with Crippen LogP contribution in [0.15, 0.2) is 47.1 Å². The van der Waals surface area contributed by atoms with Gasteiger partial charge in [-0.2, -0.15) is 0 Å². The van der Waals surface area contributed by atoms with E-state index in [9.17, 15) is 4.79 Å². The number of furan rings is 1. The summed E-state index contributed by atoms with van der Waals surface area (Å²) in [6.07, 6.45) is 1.47. The summed E-state index contributed by atoms with van der Waals surface area (Å²) in [7, 11) is 2.11. The third-order valence-electron chi connectivity index (χ3n) is 4.37. The summed E-state index contributed by atoms with van der Waals surface area (Å²) in [6, 6.07) is 11.1. The maximum Gasteiger partial charge on any atom is 0.292 e. The topological polar surface area (TPSA) is 74.5 Å². The number of amides is 1. The smallest absolute Gasteiger partial charge is 0.292 e. The second-order valence-corrected chi connectivity index (χ2v) is 6.15. The molecule has 4 rings (SSSR count). The van der Waals surface area contributed by atoms with Crippen molar-refractivity contribution in [3.05, 3.63) is 48.5 Å². The van der Waals surface area contributed by atoms with Gasteiger partial charge in [0.2, 0.25) is 0 Å². The monoisotopic (exact) mass is 337 g/mol. The Bertz CT molecular complexity index is 866. The molecule has 3 aromatic rings. The van der Waals surface area contributed by atoms with Gasteiger partial charge >= 0.3 is 0 Å². The van der Waals surface area contributed by atoms with Crippen molar-refractivity contribution in [2.45, 2.75) is 0 Å². The zero-order valence-corrected chi connectivity index (χ0v) is 14.0. The van der Waals surface area contributed by atoms with E-state index in [0.29, 0.717) is 11.4 Å². The van der Waals surface area contributed by atoms with Crippen molar-refractivity contribution >= 4 is 28.5 Å². The van der Waals surface area contributed by atoms with Crippen LogP contribution in [0.2, 0.25) is 0 Å². The molecule has 7 heteroatoms. The number of carbonyl (C=O) groups is 1. The van der Waals surface area contributed by atoms with Crippen LogP contribution in [0.5, 0.6) is 0 Å². The lowest BCUT2D eigenvalue weighted by atomic mass is 10.2. The van der Waals surface area contributed by atoms with Crippen LogP contribution in [0, 0.1) is 0 Å². The molecule has 7 nitrogen and oxygen atoms in total.